The van der Waals surface area contributed by atoms with Crippen LogP contribution in [0, 0.1) is 0 Å². The fourth-order valence-corrected chi connectivity index (χ4v) is 2.27. The van der Waals surface area contributed by atoms with Crippen LogP contribution in [0.25, 0.3) is 0 Å². The Kier molecular flexibility index (Phi) is 2.47. The Morgan fingerprint density at radius 3 is 2.82 bits per heavy atom. The Bertz CT molecular complexity index is 167. The SMILES string of the molecule is CC[C@H]1SCC(C)(C)NC1=O. The van der Waals surface area contributed by atoms with Gasteiger partial charge >= 0.3 is 0 Å². The summed E-state index contributed by atoms with van der Waals surface area (Å²) < 4.78 is 0. The van der Waals surface area contributed by atoms with E-state index >= 15 is 0 Å². The molecule has 0 aromatic carbocycles. The molecule has 1 N–H and O–H groups in total. The van der Waals surface area contributed by atoms with Gasteiger partial charge in [-0.25, -0.2) is 0 Å². The van der Waals surface area contributed by atoms with Crippen LogP contribution in [0.15, 0.2) is 0 Å². The molecule has 1 rings (SSSR count). The van der Waals surface area contributed by atoms with Crippen molar-refractivity contribution in [3.05, 3.63) is 0 Å². The molecule has 0 spiro atoms. The molecule has 0 unspecified atom stereocenters. The van der Waals surface area contributed by atoms with E-state index in [0.717, 1.165) is 12.2 Å². The second-order valence-corrected chi connectivity index (χ2v) is 4.77. The van der Waals surface area contributed by atoms with Crippen molar-refractivity contribution in [3.63, 3.8) is 0 Å². The summed E-state index contributed by atoms with van der Waals surface area (Å²) in [7, 11) is 0. The zero-order valence-corrected chi connectivity index (χ0v) is 8.12. The fourth-order valence-electron chi connectivity index (χ4n) is 1.14. The first kappa shape index (κ1) is 8.91. The van der Waals surface area contributed by atoms with Crippen LogP contribution in [0.1, 0.15) is 27.2 Å². The molecule has 1 amide bonds. The average molecular weight is 173 g/mol. The first-order valence-corrected chi connectivity index (χ1v) is 5.03. The van der Waals surface area contributed by atoms with Gasteiger partial charge in [0.15, 0.2) is 0 Å². The van der Waals surface area contributed by atoms with E-state index in [0.29, 0.717) is 0 Å². The van der Waals surface area contributed by atoms with Crippen LogP contribution in [-0.2, 0) is 4.79 Å². The third kappa shape index (κ3) is 2.12. The van der Waals surface area contributed by atoms with Gasteiger partial charge < -0.3 is 5.32 Å². The highest BCUT2D eigenvalue weighted by molar-refractivity contribution is 8.00. The minimum Gasteiger partial charge on any atom is -0.349 e. The van der Waals surface area contributed by atoms with Crippen molar-refractivity contribution in [3.8, 4) is 0 Å². The van der Waals surface area contributed by atoms with Gasteiger partial charge in [0.25, 0.3) is 0 Å². The molecule has 1 aliphatic rings. The van der Waals surface area contributed by atoms with Crippen LogP contribution in [-0.4, -0.2) is 22.4 Å². The van der Waals surface area contributed by atoms with Crippen molar-refractivity contribution >= 4 is 17.7 Å². The van der Waals surface area contributed by atoms with Gasteiger partial charge in [-0.3, -0.25) is 4.79 Å². The lowest BCUT2D eigenvalue weighted by Gasteiger charge is -2.34. The van der Waals surface area contributed by atoms with E-state index in [1.54, 1.807) is 11.8 Å². The monoisotopic (exact) mass is 173 g/mol. The maximum atomic E-state index is 11.3. The first-order valence-electron chi connectivity index (χ1n) is 3.99. The van der Waals surface area contributed by atoms with E-state index < -0.39 is 0 Å². The molecular formula is C8H15NOS. The van der Waals surface area contributed by atoms with Crippen molar-refractivity contribution in [1.82, 2.24) is 5.32 Å². The Balaban J connectivity index is 2.55. The Morgan fingerprint density at radius 2 is 2.36 bits per heavy atom. The second-order valence-electron chi connectivity index (χ2n) is 3.58. The molecule has 2 nitrogen and oxygen atoms in total. The van der Waals surface area contributed by atoms with Gasteiger partial charge in [0.1, 0.15) is 0 Å². The summed E-state index contributed by atoms with van der Waals surface area (Å²) in [4.78, 5) is 11.3. The van der Waals surface area contributed by atoms with E-state index in [1.807, 2.05) is 0 Å². The van der Waals surface area contributed by atoms with Gasteiger partial charge in [-0.2, -0.15) is 0 Å². The lowest BCUT2D eigenvalue weighted by Crippen LogP contribution is -2.53. The number of carbonyl (C=O) groups is 1. The van der Waals surface area contributed by atoms with Crippen LogP contribution in [0.2, 0.25) is 0 Å². The number of carbonyl (C=O) groups excluding carboxylic acids is 1. The maximum Gasteiger partial charge on any atom is 0.233 e. The Hall–Kier alpha value is -0.180. The molecule has 3 heteroatoms. The number of amides is 1. The minimum atomic E-state index is -0.00653. The van der Waals surface area contributed by atoms with Gasteiger partial charge in [0.05, 0.1) is 5.25 Å². The zero-order chi connectivity index (χ0) is 8.48. The fraction of sp³-hybridized carbons (Fsp3) is 0.875. The summed E-state index contributed by atoms with van der Waals surface area (Å²) in [5, 5.41) is 3.18. The topological polar surface area (TPSA) is 29.1 Å². The molecule has 1 heterocycles. The van der Waals surface area contributed by atoms with E-state index in [2.05, 4.69) is 26.1 Å². The van der Waals surface area contributed by atoms with E-state index in [9.17, 15) is 4.79 Å². The molecule has 11 heavy (non-hydrogen) atoms. The quantitative estimate of drug-likeness (QED) is 0.649. The number of nitrogens with one attached hydrogen (secondary N) is 1. The predicted octanol–water partition coefficient (Wildman–Crippen LogP) is 1.41. The van der Waals surface area contributed by atoms with Crippen molar-refractivity contribution in [2.24, 2.45) is 0 Å². The summed E-state index contributed by atoms with van der Waals surface area (Å²) in [6, 6.07) is 0. The molecular weight excluding hydrogens is 158 g/mol. The molecule has 0 radical (unpaired) electrons. The van der Waals surface area contributed by atoms with Crippen molar-refractivity contribution in [2.75, 3.05) is 5.75 Å². The number of rotatable bonds is 1. The van der Waals surface area contributed by atoms with Crippen LogP contribution >= 0.6 is 11.8 Å². The molecule has 1 saturated heterocycles. The molecule has 0 bridgehead atoms. The van der Waals surface area contributed by atoms with E-state index in [-0.39, 0.29) is 16.7 Å². The van der Waals surface area contributed by atoms with Crippen molar-refractivity contribution in [1.29, 1.82) is 0 Å². The standard InChI is InChI=1S/C8H15NOS/c1-4-6-7(10)9-8(2,3)5-11-6/h6H,4-5H2,1-3H3,(H,9,10)/t6-/m1/s1. The molecule has 0 saturated carbocycles. The van der Waals surface area contributed by atoms with Crippen LogP contribution in [0.3, 0.4) is 0 Å². The van der Waals surface area contributed by atoms with Gasteiger partial charge in [0.2, 0.25) is 5.91 Å². The Labute approximate surface area is 72.1 Å². The zero-order valence-electron chi connectivity index (χ0n) is 7.31. The van der Waals surface area contributed by atoms with Crippen LogP contribution in [0.5, 0.6) is 0 Å². The van der Waals surface area contributed by atoms with E-state index in [1.165, 1.54) is 0 Å². The van der Waals surface area contributed by atoms with Crippen molar-refractivity contribution < 1.29 is 4.79 Å². The molecule has 0 aromatic rings. The third-order valence-electron chi connectivity index (χ3n) is 1.77. The highest BCUT2D eigenvalue weighted by Crippen LogP contribution is 2.25. The lowest BCUT2D eigenvalue weighted by molar-refractivity contribution is -0.122. The average Bonchev–Trinajstić information content (AvgIpc) is 1.86. The third-order valence-corrected chi connectivity index (χ3v) is 3.61. The Morgan fingerprint density at radius 1 is 1.73 bits per heavy atom. The van der Waals surface area contributed by atoms with Gasteiger partial charge in [-0.15, -0.1) is 11.8 Å². The molecule has 0 aliphatic carbocycles. The molecule has 64 valence electrons. The smallest absolute Gasteiger partial charge is 0.233 e. The number of hydrogen-bond donors (Lipinski definition) is 1. The van der Waals surface area contributed by atoms with Gasteiger partial charge in [0, 0.05) is 11.3 Å². The van der Waals surface area contributed by atoms with Gasteiger partial charge in [-0.1, -0.05) is 6.92 Å². The number of hydrogen-bond acceptors (Lipinski definition) is 2. The molecule has 1 atom stereocenters. The maximum absolute atomic E-state index is 11.3. The summed E-state index contributed by atoms with van der Waals surface area (Å²) in [5.74, 6) is 1.23. The molecule has 1 aliphatic heterocycles. The highest BCUT2D eigenvalue weighted by atomic mass is 32.2. The minimum absolute atomic E-state index is 0.00653. The number of thioether (sulfide) groups is 1. The summed E-state index contributed by atoms with van der Waals surface area (Å²) >= 11 is 1.77. The highest BCUT2D eigenvalue weighted by Gasteiger charge is 2.31. The van der Waals surface area contributed by atoms with Crippen LogP contribution < -0.4 is 5.32 Å². The van der Waals surface area contributed by atoms with Gasteiger partial charge in [-0.05, 0) is 20.3 Å². The summed E-state index contributed by atoms with van der Waals surface area (Å²) in [6.45, 7) is 6.17. The summed E-state index contributed by atoms with van der Waals surface area (Å²) in [6.07, 6.45) is 0.937. The van der Waals surface area contributed by atoms with Crippen molar-refractivity contribution in [2.45, 2.75) is 38.0 Å². The summed E-state index contributed by atoms with van der Waals surface area (Å²) in [5.41, 5.74) is -0.00653. The normalized spacial score (nSPS) is 29.7. The molecule has 1 fully saturated rings. The largest absolute Gasteiger partial charge is 0.349 e. The molecule has 0 aromatic heterocycles. The first-order chi connectivity index (χ1) is 5.05. The lowest BCUT2D eigenvalue weighted by atomic mass is 10.1. The van der Waals surface area contributed by atoms with E-state index in [4.69, 9.17) is 0 Å². The second kappa shape index (κ2) is 3.05. The predicted molar refractivity (Wildman–Crippen MR) is 48.8 cm³/mol. The van der Waals surface area contributed by atoms with Crippen LogP contribution in [0.4, 0.5) is 0 Å².